The molecule has 12 heteroatoms. The first-order valence-electron chi connectivity index (χ1n) is 9.37. The number of nitrogens with zero attached hydrogens (tertiary/aromatic N) is 5. The third-order valence-electron chi connectivity index (χ3n) is 4.71. The van der Waals surface area contributed by atoms with Crippen LogP contribution in [0.1, 0.15) is 24.4 Å². The molecule has 3 N–H and O–H groups in total. The SMILES string of the molecule is CC(Nc1nc(N)nc(Cl)c1C#N)c1nc2cccc(Cl)c2c(=O)n1-c1cc(F)cc(F)c1. The molecule has 4 rings (SSSR count). The number of anilines is 2. The van der Waals surface area contributed by atoms with E-state index in [2.05, 4.69) is 20.3 Å². The molecule has 0 saturated heterocycles. The molecule has 1 atom stereocenters. The summed E-state index contributed by atoms with van der Waals surface area (Å²) in [4.78, 5) is 25.7. The summed E-state index contributed by atoms with van der Waals surface area (Å²) in [5, 5.41) is 12.4. The highest BCUT2D eigenvalue weighted by Crippen LogP contribution is 2.27. The number of nitriles is 1. The van der Waals surface area contributed by atoms with E-state index >= 15 is 0 Å². The Morgan fingerprint density at radius 1 is 1.15 bits per heavy atom. The van der Waals surface area contributed by atoms with Crippen LogP contribution >= 0.6 is 23.2 Å². The molecule has 0 aliphatic carbocycles. The maximum Gasteiger partial charge on any atom is 0.267 e. The summed E-state index contributed by atoms with van der Waals surface area (Å²) in [7, 11) is 0. The van der Waals surface area contributed by atoms with Gasteiger partial charge < -0.3 is 11.1 Å². The lowest BCUT2D eigenvalue weighted by atomic mass is 10.2. The van der Waals surface area contributed by atoms with Crippen molar-refractivity contribution in [3.63, 3.8) is 0 Å². The average molecular weight is 488 g/mol. The van der Waals surface area contributed by atoms with E-state index in [1.807, 2.05) is 6.07 Å². The molecule has 0 radical (unpaired) electrons. The molecule has 0 amide bonds. The zero-order valence-electron chi connectivity index (χ0n) is 16.8. The van der Waals surface area contributed by atoms with Crippen LogP contribution in [-0.4, -0.2) is 19.5 Å². The monoisotopic (exact) mass is 487 g/mol. The van der Waals surface area contributed by atoms with Crippen LogP contribution in [0, 0.1) is 23.0 Å². The van der Waals surface area contributed by atoms with Crippen LogP contribution in [0.15, 0.2) is 41.2 Å². The maximum absolute atomic E-state index is 14.0. The fourth-order valence-corrected chi connectivity index (χ4v) is 3.81. The minimum atomic E-state index is -0.884. The number of fused-ring (bicyclic) bond motifs is 1. The zero-order valence-corrected chi connectivity index (χ0v) is 18.3. The second kappa shape index (κ2) is 8.61. The van der Waals surface area contributed by atoms with Crippen molar-refractivity contribution in [2.24, 2.45) is 0 Å². The number of aromatic nitrogens is 4. The molecule has 0 bridgehead atoms. The number of benzene rings is 2. The fraction of sp³-hybridized carbons (Fsp3) is 0.0952. The molecule has 2 aromatic heterocycles. The van der Waals surface area contributed by atoms with Crippen molar-refractivity contribution in [2.75, 3.05) is 11.1 Å². The second-order valence-electron chi connectivity index (χ2n) is 6.95. The van der Waals surface area contributed by atoms with Gasteiger partial charge in [0.2, 0.25) is 5.95 Å². The molecule has 4 aromatic rings. The summed E-state index contributed by atoms with van der Waals surface area (Å²) in [6.07, 6.45) is 0. The molecule has 0 saturated carbocycles. The lowest BCUT2D eigenvalue weighted by Crippen LogP contribution is -2.28. The fourth-order valence-electron chi connectivity index (χ4n) is 3.34. The molecule has 1 unspecified atom stereocenters. The lowest BCUT2D eigenvalue weighted by molar-refractivity contribution is 0.579. The number of nitrogen functional groups attached to an aromatic ring is 1. The van der Waals surface area contributed by atoms with Crippen molar-refractivity contribution in [2.45, 2.75) is 13.0 Å². The van der Waals surface area contributed by atoms with E-state index in [-0.39, 0.29) is 49.9 Å². The molecular weight excluding hydrogens is 475 g/mol. The van der Waals surface area contributed by atoms with Gasteiger partial charge in [0.1, 0.15) is 29.1 Å². The Morgan fingerprint density at radius 2 is 1.85 bits per heavy atom. The molecule has 33 heavy (non-hydrogen) atoms. The number of hydrogen-bond donors (Lipinski definition) is 2. The van der Waals surface area contributed by atoms with Gasteiger partial charge in [0.15, 0.2) is 11.0 Å². The van der Waals surface area contributed by atoms with Gasteiger partial charge in [-0.3, -0.25) is 9.36 Å². The van der Waals surface area contributed by atoms with E-state index in [9.17, 15) is 18.8 Å². The Kier molecular flexibility index (Phi) is 5.84. The van der Waals surface area contributed by atoms with Gasteiger partial charge >= 0.3 is 0 Å². The van der Waals surface area contributed by atoms with Gasteiger partial charge in [-0.25, -0.2) is 13.8 Å². The summed E-state index contributed by atoms with van der Waals surface area (Å²) < 4.78 is 29.1. The Balaban J connectivity index is 1.97. The first-order valence-corrected chi connectivity index (χ1v) is 10.1. The topological polar surface area (TPSA) is 123 Å². The molecule has 0 aliphatic rings. The van der Waals surface area contributed by atoms with Crippen LogP contribution < -0.4 is 16.6 Å². The smallest absolute Gasteiger partial charge is 0.267 e. The quantitative estimate of drug-likeness (QED) is 0.409. The summed E-state index contributed by atoms with van der Waals surface area (Å²) >= 11 is 12.2. The minimum Gasteiger partial charge on any atom is -0.368 e. The zero-order chi connectivity index (χ0) is 23.9. The largest absolute Gasteiger partial charge is 0.368 e. The van der Waals surface area contributed by atoms with Crippen molar-refractivity contribution in [1.82, 2.24) is 19.5 Å². The molecule has 0 fully saturated rings. The van der Waals surface area contributed by atoms with E-state index in [4.69, 9.17) is 28.9 Å². The summed E-state index contributed by atoms with van der Waals surface area (Å²) in [5.74, 6) is -1.89. The second-order valence-corrected chi connectivity index (χ2v) is 7.71. The number of nitrogens with one attached hydrogen (secondary N) is 1. The number of hydrogen-bond acceptors (Lipinski definition) is 7. The van der Waals surface area contributed by atoms with Crippen LogP contribution in [0.4, 0.5) is 20.5 Å². The Bertz CT molecular complexity index is 1500. The Morgan fingerprint density at radius 3 is 2.52 bits per heavy atom. The predicted octanol–water partition coefficient (Wildman–Crippen LogP) is 4.39. The van der Waals surface area contributed by atoms with Crippen LogP contribution in [-0.2, 0) is 0 Å². The highest BCUT2D eigenvalue weighted by atomic mass is 35.5. The number of rotatable bonds is 4. The first-order chi connectivity index (χ1) is 15.7. The molecular formula is C21H13Cl2F2N7O. The van der Waals surface area contributed by atoms with Crippen LogP contribution in [0.2, 0.25) is 10.2 Å². The van der Waals surface area contributed by atoms with Gasteiger partial charge in [-0.1, -0.05) is 29.3 Å². The summed E-state index contributed by atoms with van der Waals surface area (Å²) in [5.41, 5.74) is 5.09. The average Bonchev–Trinajstić information content (AvgIpc) is 2.72. The summed E-state index contributed by atoms with van der Waals surface area (Å²) in [6.45, 7) is 1.61. The van der Waals surface area contributed by atoms with Crippen molar-refractivity contribution < 1.29 is 8.78 Å². The number of halogens is 4. The van der Waals surface area contributed by atoms with Gasteiger partial charge in [-0.05, 0) is 31.2 Å². The highest BCUT2D eigenvalue weighted by molar-refractivity contribution is 6.35. The Hall–Kier alpha value is -3.81. The Labute approximate surface area is 195 Å². The van der Waals surface area contributed by atoms with Crippen LogP contribution in [0.3, 0.4) is 0 Å². The molecule has 2 aromatic carbocycles. The number of nitrogens with two attached hydrogens (primary N) is 1. The standard InChI is InChI=1S/C21H13Cl2F2N7O/c1-9(28-18-13(8-26)17(23)30-21(27)31-18)19-29-15-4-2-3-14(22)16(15)20(33)32(19)12-6-10(24)5-11(25)7-12/h2-7,9H,1H3,(H3,27,28,30,31). The van der Waals surface area contributed by atoms with Gasteiger partial charge in [-0.2, -0.15) is 15.2 Å². The molecule has 0 aliphatic heterocycles. The van der Waals surface area contributed by atoms with E-state index in [1.165, 1.54) is 6.07 Å². The van der Waals surface area contributed by atoms with E-state index < -0.39 is 23.2 Å². The third kappa shape index (κ3) is 4.16. The van der Waals surface area contributed by atoms with E-state index in [0.29, 0.717) is 6.07 Å². The van der Waals surface area contributed by atoms with Crippen LogP contribution in [0.25, 0.3) is 16.6 Å². The normalized spacial score (nSPS) is 11.9. The van der Waals surface area contributed by atoms with Crippen molar-refractivity contribution in [1.29, 1.82) is 5.26 Å². The van der Waals surface area contributed by atoms with Crippen molar-refractivity contribution >= 4 is 45.9 Å². The molecule has 0 spiro atoms. The van der Waals surface area contributed by atoms with Gasteiger partial charge in [-0.15, -0.1) is 0 Å². The maximum atomic E-state index is 14.0. The van der Waals surface area contributed by atoms with Crippen LogP contribution in [0.5, 0.6) is 0 Å². The van der Waals surface area contributed by atoms with E-state index in [1.54, 1.807) is 19.1 Å². The van der Waals surface area contributed by atoms with Gasteiger partial charge in [0, 0.05) is 6.07 Å². The predicted molar refractivity (Wildman–Crippen MR) is 120 cm³/mol. The third-order valence-corrected chi connectivity index (χ3v) is 5.30. The van der Waals surface area contributed by atoms with Gasteiger partial charge in [0.05, 0.1) is 27.7 Å². The molecule has 8 nitrogen and oxygen atoms in total. The first kappa shape index (κ1) is 22.4. The lowest BCUT2D eigenvalue weighted by Gasteiger charge is -2.21. The van der Waals surface area contributed by atoms with Crippen molar-refractivity contribution in [3.8, 4) is 11.8 Å². The van der Waals surface area contributed by atoms with Crippen molar-refractivity contribution in [3.05, 3.63) is 80.0 Å². The van der Waals surface area contributed by atoms with E-state index in [0.717, 1.165) is 16.7 Å². The molecule has 2 heterocycles. The highest BCUT2D eigenvalue weighted by Gasteiger charge is 2.22. The summed E-state index contributed by atoms with van der Waals surface area (Å²) in [6, 6.07) is 8.43. The molecule has 166 valence electrons. The minimum absolute atomic E-state index is 0.0000807. The van der Waals surface area contributed by atoms with Gasteiger partial charge in [0.25, 0.3) is 5.56 Å².